The van der Waals surface area contributed by atoms with E-state index in [9.17, 15) is 24.0 Å². The second kappa shape index (κ2) is 21.5. The van der Waals surface area contributed by atoms with Gasteiger partial charge in [-0.2, -0.15) is 0 Å². The number of carbonyl (C=O) groups excluding carboxylic acids is 5. The fourth-order valence-electron chi connectivity index (χ4n) is 8.57. The maximum atomic E-state index is 14.2. The summed E-state index contributed by atoms with van der Waals surface area (Å²) in [7, 11) is 1.66. The summed E-state index contributed by atoms with van der Waals surface area (Å²) in [6, 6.07) is -4.37. The molecule has 0 bridgehead atoms. The molecular weight excluding hydrogens is 690 g/mol. The van der Waals surface area contributed by atoms with Gasteiger partial charge in [-0.15, -0.1) is 0 Å². The molecule has 5 amide bonds. The number of nitrogens with two attached hydrogens (primary N) is 1. The maximum absolute atomic E-state index is 14.2. The Morgan fingerprint density at radius 3 is 2.07 bits per heavy atom. The molecule has 1 spiro atoms. The van der Waals surface area contributed by atoms with Gasteiger partial charge in [0, 0.05) is 38.1 Å². The molecule has 308 valence electrons. The van der Waals surface area contributed by atoms with Crippen molar-refractivity contribution >= 4 is 29.5 Å². The molecule has 2 saturated carbocycles. The van der Waals surface area contributed by atoms with E-state index in [0.717, 1.165) is 90.1 Å². The molecule has 0 aromatic carbocycles. The van der Waals surface area contributed by atoms with Crippen LogP contribution in [-0.4, -0.2) is 117 Å². The highest BCUT2D eigenvalue weighted by atomic mass is 16.5. The highest BCUT2D eigenvalue weighted by molar-refractivity contribution is 5.96. The number of rotatable bonds is 12. The van der Waals surface area contributed by atoms with Gasteiger partial charge in [0.25, 0.3) is 0 Å². The lowest BCUT2D eigenvalue weighted by Gasteiger charge is -2.54. The summed E-state index contributed by atoms with van der Waals surface area (Å²) in [4.78, 5) is 71.6. The summed E-state index contributed by atoms with van der Waals surface area (Å²) < 4.78 is 12.6. The number of hydrogen-bond acceptors (Lipinski definition) is 9. The van der Waals surface area contributed by atoms with E-state index in [1.165, 1.54) is 4.90 Å². The number of amides is 5. The maximum Gasteiger partial charge on any atom is 0.245 e. The van der Waals surface area contributed by atoms with Crippen molar-refractivity contribution in [2.45, 2.75) is 166 Å². The first kappa shape index (κ1) is 43.9. The van der Waals surface area contributed by atoms with E-state index in [1.807, 2.05) is 20.8 Å². The average molecular weight is 762 g/mol. The van der Waals surface area contributed by atoms with Crippen molar-refractivity contribution in [3.8, 4) is 0 Å². The summed E-state index contributed by atoms with van der Waals surface area (Å²) in [6.45, 7) is 9.60. The minimum Gasteiger partial charge on any atom is -0.375 e. The van der Waals surface area contributed by atoms with Crippen LogP contribution < -0.4 is 32.3 Å². The highest BCUT2D eigenvalue weighted by Crippen LogP contribution is 2.45. The Balaban J connectivity index is 1.62. The standard InChI is InChI=1S/C40H71N7O7/c1-6-8-9-14-18-33-27(4)39(52)47(5)32(15-7-2)37(50)46-34(28-16-12-10-11-13-17-28)38(51)44-30(21-41)35(48)45-31(36(49)43-26(3)22-54-33)23-53-29-19-40(20-29)24-42-25-40/h26-34,42H,6-25,41H2,1-5H3,(H,43,49)(H,44,51)(H,45,48)(H,46,50)/t26-,27-,30+,31+,32+,33-,34+/m1/s1. The van der Waals surface area contributed by atoms with Crippen LogP contribution in [-0.2, 0) is 33.4 Å². The Kier molecular flexibility index (Phi) is 17.5. The Labute approximate surface area is 323 Å². The van der Waals surface area contributed by atoms with Crippen LogP contribution in [0.1, 0.15) is 124 Å². The zero-order valence-corrected chi connectivity index (χ0v) is 33.7. The number of nitrogens with one attached hydrogen (secondary N) is 5. The Hall–Kier alpha value is -2.81. The topological polar surface area (TPSA) is 193 Å². The van der Waals surface area contributed by atoms with E-state index in [-0.39, 0.29) is 43.1 Å². The van der Waals surface area contributed by atoms with Gasteiger partial charge in [0.1, 0.15) is 24.2 Å². The van der Waals surface area contributed by atoms with Crippen LogP contribution in [0.4, 0.5) is 0 Å². The molecule has 0 radical (unpaired) electrons. The Bertz CT molecular complexity index is 1230. The van der Waals surface area contributed by atoms with Crippen LogP contribution in [0, 0.1) is 17.3 Å². The molecule has 7 atom stereocenters. The Morgan fingerprint density at radius 2 is 1.46 bits per heavy atom. The molecule has 14 nitrogen and oxygen atoms in total. The number of nitrogens with zero attached hydrogens (tertiary/aromatic N) is 1. The number of carbonyl (C=O) groups is 5. The predicted molar refractivity (Wildman–Crippen MR) is 207 cm³/mol. The van der Waals surface area contributed by atoms with E-state index in [1.54, 1.807) is 7.05 Å². The van der Waals surface area contributed by atoms with Crippen LogP contribution in [0.5, 0.6) is 0 Å². The fourth-order valence-corrected chi connectivity index (χ4v) is 8.57. The predicted octanol–water partition coefficient (Wildman–Crippen LogP) is 2.28. The fraction of sp³-hybridized carbons (Fsp3) is 0.875. The van der Waals surface area contributed by atoms with E-state index in [2.05, 4.69) is 33.5 Å². The molecular formula is C40H71N7O7. The lowest BCUT2D eigenvalue weighted by atomic mass is 9.63. The Morgan fingerprint density at radius 1 is 0.796 bits per heavy atom. The second-order valence-electron chi connectivity index (χ2n) is 16.7. The van der Waals surface area contributed by atoms with Gasteiger partial charge >= 0.3 is 0 Å². The van der Waals surface area contributed by atoms with Gasteiger partial charge in [-0.25, -0.2) is 0 Å². The van der Waals surface area contributed by atoms with Crippen molar-refractivity contribution in [2.75, 3.05) is 39.9 Å². The minimum absolute atomic E-state index is 0.00866. The molecule has 2 heterocycles. The van der Waals surface area contributed by atoms with E-state index >= 15 is 0 Å². The molecule has 54 heavy (non-hydrogen) atoms. The van der Waals surface area contributed by atoms with E-state index in [4.69, 9.17) is 15.2 Å². The molecule has 4 aliphatic rings. The van der Waals surface area contributed by atoms with Gasteiger partial charge in [-0.1, -0.05) is 78.6 Å². The largest absolute Gasteiger partial charge is 0.375 e. The second-order valence-corrected chi connectivity index (χ2v) is 16.7. The normalized spacial score (nSPS) is 31.5. The van der Waals surface area contributed by atoms with Gasteiger partial charge in [-0.05, 0) is 51.4 Å². The first-order valence-electron chi connectivity index (χ1n) is 21.0. The van der Waals surface area contributed by atoms with Crippen molar-refractivity contribution < 1.29 is 33.4 Å². The zero-order chi connectivity index (χ0) is 39.3. The van der Waals surface area contributed by atoms with Crippen LogP contribution in [0.25, 0.3) is 0 Å². The molecule has 14 heteroatoms. The summed E-state index contributed by atoms with van der Waals surface area (Å²) in [5.74, 6) is -2.86. The molecule has 2 aliphatic heterocycles. The minimum atomic E-state index is -1.15. The number of hydrogen-bond donors (Lipinski definition) is 6. The number of unbranched alkanes of at least 4 members (excludes halogenated alkanes) is 3. The molecule has 4 fully saturated rings. The van der Waals surface area contributed by atoms with Crippen LogP contribution >= 0.6 is 0 Å². The SMILES string of the molecule is CCCCCC[C@H]1OC[C@@H](C)NC(=O)[C@H](COC2CC3(CNC3)C2)NC(=O)[C@H](CN)NC(=O)[C@H](C2CCCCCC2)NC(=O)[C@H](CCC)N(C)C(=O)[C@@H]1C. The van der Waals surface area contributed by atoms with Gasteiger partial charge < -0.3 is 46.7 Å². The van der Waals surface area contributed by atoms with Gasteiger partial charge in [0.05, 0.1) is 31.3 Å². The molecule has 0 aromatic heterocycles. The van der Waals surface area contributed by atoms with Crippen LogP contribution in [0.2, 0.25) is 0 Å². The number of ether oxygens (including phenoxy) is 2. The van der Waals surface area contributed by atoms with Crippen molar-refractivity contribution in [1.82, 2.24) is 31.5 Å². The molecule has 0 aromatic rings. The summed E-state index contributed by atoms with van der Waals surface area (Å²) in [6.07, 6.45) is 12.5. The quantitative estimate of drug-likeness (QED) is 0.128. The third-order valence-corrected chi connectivity index (χ3v) is 12.2. The third-order valence-electron chi connectivity index (χ3n) is 12.2. The van der Waals surface area contributed by atoms with Crippen molar-refractivity contribution in [3.05, 3.63) is 0 Å². The smallest absolute Gasteiger partial charge is 0.245 e. The van der Waals surface area contributed by atoms with Crippen molar-refractivity contribution in [2.24, 2.45) is 23.0 Å². The van der Waals surface area contributed by atoms with Gasteiger partial charge in [0.15, 0.2) is 0 Å². The number of likely N-dealkylation sites (N-methyl/N-ethyl adjacent to an activating group) is 1. The zero-order valence-electron chi connectivity index (χ0n) is 33.7. The third kappa shape index (κ3) is 12.1. The van der Waals surface area contributed by atoms with Crippen LogP contribution in [0.3, 0.4) is 0 Å². The summed E-state index contributed by atoms with van der Waals surface area (Å²) in [5, 5.41) is 15.0. The van der Waals surface area contributed by atoms with Crippen LogP contribution in [0.15, 0.2) is 0 Å². The summed E-state index contributed by atoms with van der Waals surface area (Å²) >= 11 is 0. The first-order valence-corrected chi connectivity index (χ1v) is 21.0. The molecule has 0 unspecified atom stereocenters. The molecule has 4 rings (SSSR count). The van der Waals surface area contributed by atoms with Crippen molar-refractivity contribution in [3.63, 3.8) is 0 Å². The first-order chi connectivity index (χ1) is 25.9. The molecule has 2 saturated heterocycles. The van der Waals surface area contributed by atoms with E-state index < -0.39 is 65.9 Å². The lowest BCUT2D eigenvalue weighted by molar-refractivity contribution is -0.147. The lowest BCUT2D eigenvalue weighted by Crippen LogP contribution is -2.63. The molecule has 7 N–H and O–H groups in total. The van der Waals surface area contributed by atoms with Crippen molar-refractivity contribution in [1.29, 1.82) is 0 Å². The van der Waals surface area contributed by atoms with Gasteiger partial charge in [0.2, 0.25) is 29.5 Å². The van der Waals surface area contributed by atoms with E-state index in [0.29, 0.717) is 19.3 Å². The summed E-state index contributed by atoms with van der Waals surface area (Å²) in [5.41, 5.74) is 6.36. The average Bonchev–Trinajstić information content (AvgIpc) is 3.41. The monoisotopic (exact) mass is 762 g/mol. The highest BCUT2D eigenvalue weighted by Gasteiger charge is 2.49. The molecule has 2 aliphatic carbocycles. The van der Waals surface area contributed by atoms with Gasteiger partial charge in [-0.3, -0.25) is 24.0 Å².